The smallest absolute Gasteiger partial charge is 0.315 e. The van der Waals surface area contributed by atoms with Crippen molar-refractivity contribution in [2.45, 2.75) is 153 Å². The number of unbranched alkanes of at least 4 members (excludes halogenated alkanes) is 13. The highest BCUT2D eigenvalue weighted by molar-refractivity contribution is 5.89. The van der Waals surface area contributed by atoms with Gasteiger partial charge in [-0.25, -0.2) is 4.79 Å². The van der Waals surface area contributed by atoms with Gasteiger partial charge in [-0.05, 0) is 63.9 Å². The molecule has 0 aromatic rings. The molecule has 44 heavy (non-hydrogen) atoms. The highest BCUT2D eigenvalue weighted by Crippen LogP contribution is 2.24. The SMILES string of the molecule is C=CCCCCCCCCNC(=O)NC1CC[C@@H](C2C(=O)NCCC[C@@H]2NC(=O)/C=C/CCCCCCCCC)NC(=O)C1. The van der Waals surface area contributed by atoms with Crippen LogP contribution in [-0.2, 0) is 14.4 Å². The van der Waals surface area contributed by atoms with E-state index < -0.39 is 12.0 Å². The molecule has 0 saturated carbocycles. The van der Waals surface area contributed by atoms with Crippen molar-refractivity contribution in [2.24, 2.45) is 5.92 Å². The summed E-state index contributed by atoms with van der Waals surface area (Å²) in [5.74, 6) is -1.09. The van der Waals surface area contributed by atoms with Crippen LogP contribution in [0, 0.1) is 5.92 Å². The summed E-state index contributed by atoms with van der Waals surface area (Å²) in [5, 5.41) is 14.9. The molecule has 2 fully saturated rings. The van der Waals surface area contributed by atoms with Crippen molar-refractivity contribution in [3.8, 4) is 0 Å². The monoisotopic (exact) mass is 615 g/mol. The molecule has 0 aromatic carbocycles. The molecule has 2 heterocycles. The number of rotatable bonds is 21. The molecule has 4 atom stereocenters. The zero-order valence-corrected chi connectivity index (χ0v) is 27.4. The Hall–Kier alpha value is -2.84. The van der Waals surface area contributed by atoms with Crippen molar-refractivity contribution in [1.82, 2.24) is 26.6 Å². The molecule has 5 N–H and O–H groups in total. The Bertz CT molecular complexity index is 892. The number of amides is 5. The van der Waals surface area contributed by atoms with Crippen LogP contribution in [0.5, 0.6) is 0 Å². The quantitative estimate of drug-likeness (QED) is 0.0621. The van der Waals surface area contributed by atoms with Crippen molar-refractivity contribution in [3.63, 3.8) is 0 Å². The molecule has 0 bridgehead atoms. The van der Waals surface area contributed by atoms with Gasteiger partial charge in [0, 0.05) is 37.6 Å². The third-order valence-corrected chi connectivity index (χ3v) is 8.79. The summed E-state index contributed by atoms with van der Waals surface area (Å²) in [6.45, 7) is 7.13. The molecule has 0 radical (unpaired) electrons. The van der Waals surface area contributed by atoms with Gasteiger partial charge in [0.05, 0.1) is 5.92 Å². The summed E-state index contributed by atoms with van der Waals surface area (Å²) in [5.41, 5.74) is 0. The summed E-state index contributed by atoms with van der Waals surface area (Å²) in [4.78, 5) is 51.3. The zero-order chi connectivity index (χ0) is 31.8. The van der Waals surface area contributed by atoms with Crippen molar-refractivity contribution in [1.29, 1.82) is 0 Å². The summed E-state index contributed by atoms with van der Waals surface area (Å²) < 4.78 is 0. The van der Waals surface area contributed by atoms with E-state index in [4.69, 9.17) is 0 Å². The van der Waals surface area contributed by atoms with Gasteiger partial charge < -0.3 is 26.6 Å². The third-order valence-electron chi connectivity index (χ3n) is 8.79. The lowest BCUT2D eigenvalue weighted by atomic mass is 9.86. The number of carbonyl (C=O) groups excluding carboxylic acids is 4. The molecule has 9 nitrogen and oxygen atoms in total. The molecule has 9 heteroatoms. The van der Waals surface area contributed by atoms with Crippen LogP contribution >= 0.6 is 0 Å². The lowest BCUT2D eigenvalue weighted by molar-refractivity contribution is -0.128. The Morgan fingerprint density at radius 2 is 1.55 bits per heavy atom. The average molecular weight is 616 g/mol. The Morgan fingerprint density at radius 1 is 0.864 bits per heavy atom. The fourth-order valence-corrected chi connectivity index (χ4v) is 6.28. The van der Waals surface area contributed by atoms with Gasteiger partial charge in [-0.3, -0.25) is 14.4 Å². The van der Waals surface area contributed by atoms with E-state index in [9.17, 15) is 19.2 Å². The molecule has 0 spiro atoms. The van der Waals surface area contributed by atoms with Crippen molar-refractivity contribution in [3.05, 3.63) is 24.8 Å². The van der Waals surface area contributed by atoms with Crippen LogP contribution in [0.4, 0.5) is 4.79 Å². The Balaban J connectivity index is 1.78. The first kappa shape index (κ1) is 37.3. The van der Waals surface area contributed by atoms with Crippen LogP contribution in [0.2, 0.25) is 0 Å². The molecule has 2 rings (SSSR count). The van der Waals surface area contributed by atoms with Crippen LogP contribution in [0.25, 0.3) is 0 Å². The largest absolute Gasteiger partial charge is 0.356 e. The highest BCUT2D eigenvalue weighted by Gasteiger charge is 2.39. The standard InChI is InChI=1S/C35H61N5O4/c1-3-5-7-9-11-13-14-16-18-22-31(41)39-29-21-20-26-36-34(43)33(29)30-24-23-28(27-32(42)40-30)38-35(44)37-25-19-17-15-12-10-8-6-4-2/h4,18,22,28-30,33H,2-3,5-17,19-21,23-27H2,1H3,(H,36,43)(H,39,41)(H,40,42)(H2,37,38,44)/b22-18+/t28?,29-,30-,33?/m0/s1. The molecule has 250 valence electrons. The fourth-order valence-electron chi connectivity index (χ4n) is 6.28. The molecule has 0 aromatic heterocycles. The van der Waals surface area contributed by atoms with E-state index in [1.807, 2.05) is 12.2 Å². The van der Waals surface area contributed by atoms with Crippen molar-refractivity contribution < 1.29 is 19.2 Å². The van der Waals surface area contributed by atoms with E-state index in [1.54, 1.807) is 6.08 Å². The summed E-state index contributed by atoms with van der Waals surface area (Å²) >= 11 is 0. The molecule has 2 unspecified atom stereocenters. The first-order chi connectivity index (χ1) is 21.4. The third kappa shape index (κ3) is 16.3. The Kier molecular flexibility index (Phi) is 20.0. The van der Waals surface area contributed by atoms with Crippen LogP contribution in [0.15, 0.2) is 24.8 Å². The van der Waals surface area contributed by atoms with Gasteiger partial charge in [0.15, 0.2) is 0 Å². The van der Waals surface area contributed by atoms with Gasteiger partial charge >= 0.3 is 6.03 Å². The Morgan fingerprint density at radius 3 is 2.27 bits per heavy atom. The average Bonchev–Trinajstić information content (AvgIpc) is 3.29. The second-order valence-electron chi connectivity index (χ2n) is 12.6. The van der Waals surface area contributed by atoms with Crippen molar-refractivity contribution in [2.75, 3.05) is 13.1 Å². The molecule has 5 amide bonds. The summed E-state index contributed by atoms with van der Waals surface area (Å²) in [6.07, 6.45) is 25.5. The zero-order valence-electron chi connectivity index (χ0n) is 27.4. The highest BCUT2D eigenvalue weighted by atomic mass is 16.2. The minimum Gasteiger partial charge on any atom is -0.356 e. The topological polar surface area (TPSA) is 128 Å². The molecular weight excluding hydrogens is 554 g/mol. The normalized spacial score (nSPS) is 22.4. The van der Waals surface area contributed by atoms with E-state index in [1.165, 1.54) is 57.8 Å². The van der Waals surface area contributed by atoms with Gasteiger partial charge in [0.25, 0.3) is 0 Å². The maximum atomic E-state index is 13.2. The van der Waals surface area contributed by atoms with E-state index in [-0.39, 0.29) is 42.3 Å². The number of hydrogen-bond donors (Lipinski definition) is 5. The second kappa shape index (κ2) is 23.5. The van der Waals surface area contributed by atoms with Gasteiger partial charge in [0.1, 0.15) is 0 Å². The van der Waals surface area contributed by atoms with E-state index in [0.717, 1.165) is 44.9 Å². The maximum absolute atomic E-state index is 13.2. The van der Waals surface area contributed by atoms with Crippen molar-refractivity contribution >= 4 is 23.8 Å². The molecule has 0 aliphatic carbocycles. The lowest BCUT2D eigenvalue weighted by Crippen LogP contribution is -2.54. The predicted molar refractivity (Wildman–Crippen MR) is 178 cm³/mol. The van der Waals surface area contributed by atoms with Gasteiger partial charge in [-0.15, -0.1) is 6.58 Å². The lowest BCUT2D eigenvalue weighted by Gasteiger charge is -2.31. The van der Waals surface area contributed by atoms with E-state index in [0.29, 0.717) is 32.4 Å². The molecule has 2 aliphatic rings. The van der Waals surface area contributed by atoms with Crippen LogP contribution in [0.1, 0.15) is 135 Å². The Labute approximate surface area is 266 Å². The van der Waals surface area contributed by atoms with Crippen LogP contribution < -0.4 is 26.6 Å². The van der Waals surface area contributed by atoms with Gasteiger partial charge in [-0.2, -0.15) is 0 Å². The summed E-state index contributed by atoms with van der Waals surface area (Å²) in [7, 11) is 0. The minimum absolute atomic E-state index is 0.144. The molecule has 2 aliphatic heterocycles. The van der Waals surface area contributed by atoms with Crippen LogP contribution in [-0.4, -0.2) is 55.0 Å². The first-order valence-corrected chi connectivity index (χ1v) is 17.6. The minimum atomic E-state index is -0.564. The molecular formula is C35H61N5O4. The predicted octanol–water partition coefficient (Wildman–Crippen LogP) is 5.95. The van der Waals surface area contributed by atoms with Crippen LogP contribution in [0.3, 0.4) is 0 Å². The first-order valence-electron chi connectivity index (χ1n) is 17.6. The number of carbonyl (C=O) groups is 4. The van der Waals surface area contributed by atoms with E-state index in [2.05, 4.69) is 40.1 Å². The van der Waals surface area contributed by atoms with Gasteiger partial charge in [0.2, 0.25) is 17.7 Å². The van der Waals surface area contributed by atoms with Gasteiger partial charge in [-0.1, -0.05) is 83.3 Å². The number of urea groups is 1. The number of hydrogen-bond acceptors (Lipinski definition) is 4. The van der Waals surface area contributed by atoms with E-state index >= 15 is 0 Å². The number of nitrogens with one attached hydrogen (secondary N) is 5. The number of allylic oxidation sites excluding steroid dienone is 2. The second-order valence-corrected chi connectivity index (χ2v) is 12.6. The maximum Gasteiger partial charge on any atom is 0.315 e. The molecule has 2 saturated heterocycles. The fraction of sp³-hybridized carbons (Fsp3) is 0.771. The summed E-state index contributed by atoms with van der Waals surface area (Å²) in [6, 6.07) is -1.34.